The van der Waals surface area contributed by atoms with E-state index in [1.807, 2.05) is 13.1 Å². The predicted molar refractivity (Wildman–Crippen MR) is 101 cm³/mol. The number of nitrogens with one attached hydrogen (secondary N) is 5. The highest BCUT2D eigenvalue weighted by molar-refractivity contribution is 7.98. The van der Waals surface area contributed by atoms with Crippen molar-refractivity contribution in [2.45, 2.75) is 12.7 Å². The molecular weight excluding hydrogens is 358 g/mol. The summed E-state index contributed by atoms with van der Waals surface area (Å²) in [5.41, 5.74) is 2.09. The lowest BCUT2D eigenvalue weighted by molar-refractivity contribution is -0.404. The van der Waals surface area contributed by atoms with Gasteiger partial charge in [0.2, 0.25) is 5.96 Å². The fourth-order valence-corrected chi connectivity index (χ4v) is 2.65. The van der Waals surface area contributed by atoms with E-state index in [0.29, 0.717) is 31.4 Å². The van der Waals surface area contributed by atoms with E-state index >= 15 is 0 Å². The molecule has 0 radical (unpaired) electrons. The second-order valence-corrected chi connectivity index (χ2v) is 6.03. The number of nitro groups is 1. The Morgan fingerprint density at radius 2 is 2.31 bits per heavy atom. The normalized spacial score (nSPS) is 11.6. The quantitative estimate of drug-likeness (QED) is 0.0669. The summed E-state index contributed by atoms with van der Waals surface area (Å²) in [6.07, 6.45) is 4.35. The van der Waals surface area contributed by atoms with E-state index in [9.17, 15) is 10.1 Å². The highest BCUT2D eigenvalue weighted by Gasteiger charge is 2.02. The van der Waals surface area contributed by atoms with Crippen LogP contribution in [0.2, 0.25) is 0 Å². The predicted octanol–water partition coefficient (Wildman–Crippen LogP) is -0.148. The Morgan fingerprint density at radius 3 is 2.92 bits per heavy atom. The van der Waals surface area contributed by atoms with Crippen molar-refractivity contribution in [2.24, 2.45) is 4.99 Å². The number of H-pyrrole nitrogens is 1. The Bertz CT molecular complexity index is 666. The molecule has 0 unspecified atom stereocenters. The molecule has 12 heteroatoms. The molecule has 0 bridgehead atoms. The van der Waals surface area contributed by atoms with Crippen LogP contribution in [0.15, 0.2) is 23.3 Å². The fraction of sp³-hybridized carbons (Fsp3) is 0.500. The molecular formula is C14H23N9O2S. The van der Waals surface area contributed by atoms with Gasteiger partial charge in [-0.2, -0.15) is 17.0 Å². The largest absolute Gasteiger partial charge is 0.370 e. The minimum absolute atomic E-state index is 0.300. The molecule has 1 aromatic rings. The molecule has 0 fully saturated rings. The van der Waals surface area contributed by atoms with Gasteiger partial charge in [-0.15, -0.1) is 0 Å². The number of imidazole rings is 1. The molecule has 0 saturated carbocycles. The third-order valence-corrected chi connectivity index (χ3v) is 4.04. The number of rotatable bonds is 11. The van der Waals surface area contributed by atoms with Crippen molar-refractivity contribution in [3.63, 3.8) is 0 Å². The Balaban J connectivity index is 2.29. The molecule has 0 aliphatic carbocycles. The number of nitriles is 1. The maximum absolute atomic E-state index is 10.4. The molecule has 1 heterocycles. The number of guanidine groups is 1. The average molecular weight is 381 g/mol. The smallest absolute Gasteiger partial charge is 0.274 e. The summed E-state index contributed by atoms with van der Waals surface area (Å²) in [5.74, 6) is 2.26. The van der Waals surface area contributed by atoms with Gasteiger partial charge in [-0.3, -0.25) is 20.4 Å². The number of thioether (sulfide) groups is 1. The van der Waals surface area contributed by atoms with Crippen LogP contribution in [0.1, 0.15) is 11.4 Å². The number of aromatic amines is 1. The number of hydrogen-bond acceptors (Lipinski definition) is 8. The summed E-state index contributed by atoms with van der Waals surface area (Å²) in [5, 5.41) is 30.2. The van der Waals surface area contributed by atoms with Crippen LogP contribution in [-0.4, -0.2) is 53.3 Å². The Kier molecular flexibility index (Phi) is 10.1. The van der Waals surface area contributed by atoms with Crippen molar-refractivity contribution in [1.82, 2.24) is 31.2 Å². The molecule has 142 valence electrons. The zero-order valence-electron chi connectivity index (χ0n) is 14.7. The molecule has 0 spiro atoms. The van der Waals surface area contributed by atoms with E-state index in [4.69, 9.17) is 5.26 Å². The second-order valence-electron chi connectivity index (χ2n) is 4.93. The van der Waals surface area contributed by atoms with E-state index in [-0.39, 0.29) is 0 Å². The Labute approximate surface area is 155 Å². The number of aryl methyl sites for hydroxylation is 1. The van der Waals surface area contributed by atoms with Gasteiger partial charge in [0, 0.05) is 37.3 Å². The molecule has 0 atom stereocenters. The van der Waals surface area contributed by atoms with Crippen molar-refractivity contribution in [3.05, 3.63) is 39.9 Å². The van der Waals surface area contributed by atoms with Gasteiger partial charge in [0.15, 0.2) is 12.0 Å². The zero-order chi connectivity index (χ0) is 19.2. The topological polar surface area (TPSA) is 156 Å². The summed E-state index contributed by atoms with van der Waals surface area (Å²) < 4.78 is 0. The van der Waals surface area contributed by atoms with Crippen molar-refractivity contribution < 1.29 is 4.92 Å². The molecule has 0 aliphatic rings. The monoisotopic (exact) mass is 381 g/mol. The standard InChI is InChI=1S/C14H23N9O2S/c1-11-12(22-10-21-11)8-26-6-5-19-14(20-9-15)18-4-3-17-13(16-2)7-23(24)25/h7,10,16-17H,3-6,8H2,1-2H3,(H,21,22)(H2,18,19,20)/b13-7+. The number of hydrogen-bond donors (Lipinski definition) is 5. The first-order valence-electron chi connectivity index (χ1n) is 7.83. The molecule has 11 nitrogen and oxygen atoms in total. The molecule has 5 N–H and O–H groups in total. The number of nitrogens with zero attached hydrogens (tertiary/aromatic N) is 4. The lowest BCUT2D eigenvalue weighted by Gasteiger charge is -2.10. The highest BCUT2D eigenvalue weighted by Crippen LogP contribution is 2.11. The summed E-state index contributed by atoms with van der Waals surface area (Å²) in [4.78, 5) is 21.4. The average Bonchev–Trinajstić information content (AvgIpc) is 3.01. The molecule has 0 saturated heterocycles. The van der Waals surface area contributed by atoms with Crippen LogP contribution in [-0.2, 0) is 5.75 Å². The highest BCUT2D eigenvalue weighted by atomic mass is 32.2. The van der Waals surface area contributed by atoms with Gasteiger partial charge in [-0.05, 0) is 6.92 Å². The van der Waals surface area contributed by atoms with E-state index in [1.54, 1.807) is 25.1 Å². The van der Waals surface area contributed by atoms with E-state index < -0.39 is 4.92 Å². The van der Waals surface area contributed by atoms with Crippen LogP contribution >= 0.6 is 11.8 Å². The van der Waals surface area contributed by atoms with Gasteiger partial charge in [0.05, 0.1) is 23.5 Å². The van der Waals surface area contributed by atoms with Gasteiger partial charge in [0.25, 0.3) is 6.20 Å². The molecule has 0 aliphatic heterocycles. The number of aromatic nitrogens is 2. The van der Waals surface area contributed by atoms with Crippen molar-refractivity contribution in [3.8, 4) is 6.19 Å². The Morgan fingerprint density at radius 1 is 1.54 bits per heavy atom. The summed E-state index contributed by atoms with van der Waals surface area (Å²) in [7, 11) is 1.59. The van der Waals surface area contributed by atoms with Gasteiger partial charge in [0.1, 0.15) is 0 Å². The van der Waals surface area contributed by atoms with Crippen molar-refractivity contribution >= 4 is 17.7 Å². The summed E-state index contributed by atoms with van der Waals surface area (Å²) in [6, 6.07) is 0. The molecule has 26 heavy (non-hydrogen) atoms. The first-order valence-corrected chi connectivity index (χ1v) is 8.99. The van der Waals surface area contributed by atoms with Crippen LogP contribution in [0.25, 0.3) is 0 Å². The molecule has 0 amide bonds. The first-order chi connectivity index (χ1) is 12.6. The van der Waals surface area contributed by atoms with Crippen LogP contribution in [0.5, 0.6) is 0 Å². The third kappa shape index (κ3) is 8.78. The zero-order valence-corrected chi connectivity index (χ0v) is 15.5. The lowest BCUT2D eigenvalue weighted by atomic mass is 10.4. The van der Waals surface area contributed by atoms with Crippen LogP contribution in [0.3, 0.4) is 0 Å². The van der Waals surface area contributed by atoms with Crippen LogP contribution in [0, 0.1) is 28.5 Å². The number of aliphatic imine (C=N–C) groups is 1. The summed E-state index contributed by atoms with van der Waals surface area (Å²) >= 11 is 1.71. The van der Waals surface area contributed by atoms with Crippen molar-refractivity contribution in [2.75, 3.05) is 32.4 Å². The van der Waals surface area contributed by atoms with E-state index in [1.165, 1.54) is 0 Å². The van der Waals surface area contributed by atoms with E-state index in [0.717, 1.165) is 29.1 Å². The SMILES string of the molecule is CN/C(=C\[N+](=O)[O-])NCCNC(=NCCSCc1nc[nH]c1C)NC#N. The van der Waals surface area contributed by atoms with Gasteiger partial charge >= 0.3 is 0 Å². The van der Waals surface area contributed by atoms with Crippen molar-refractivity contribution in [1.29, 1.82) is 5.26 Å². The Hall–Kier alpha value is -2.94. The van der Waals surface area contributed by atoms with Gasteiger partial charge in [-0.1, -0.05) is 0 Å². The minimum atomic E-state index is -0.543. The lowest BCUT2D eigenvalue weighted by Crippen LogP contribution is -2.39. The minimum Gasteiger partial charge on any atom is -0.370 e. The van der Waals surface area contributed by atoms with Crippen LogP contribution < -0.4 is 21.3 Å². The molecule has 1 aromatic heterocycles. The van der Waals surface area contributed by atoms with Gasteiger partial charge < -0.3 is 20.9 Å². The maximum atomic E-state index is 10.4. The molecule has 1 rings (SSSR count). The summed E-state index contributed by atoms with van der Waals surface area (Å²) in [6.45, 7) is 3.37. The second kappa shape index (κ2) is 12.4. The third-order valence-electron chi connectivity index (χ3n) is 3.09. The van der Waals surface area contributed by atoms with Gasteiger partial charge in [-0.25, -0.2) is 4.98 Å². The maximum Gasteiger partial charge on any atom is 0.274 e. The fourth-order valence-electron chi connectivity index (χ4n) is 1.80. The van der Waals surface area contributed by atoms with E-state index in [2.05, 4.69) is 36.2 Å². The first kappa shape index (κ1) is 21.1. The van der Waals surface area contributed by atoms with Crippen LogP contribution in [0.4, 0.5) is 0 Å². The molecule has 0 aromatic carbocycles.